The highest BCUT2D eigenvalue weighted by Gasteiger charge is 2.26. The molecule has 2 N–H and O–H groups in total. The number of carbonyl (C=O) groups excluding carboxylic acids is 1. The molecule has 0 radical (unpaired) electrons. The summed E-state index contributed by atoms with van der Waals surface area (Å²) in [5.74, 6) is -0.363. The Morgan fingerprint density at radius 2 is 1.86 bits per heavy atom. The Labute approximate surface area is 164 Å². The van der Waals surface area contributed by atoms with E-state index in [0.717, 1.165) is 35.9 Å². The lowest BCUT2D eigenvalue weighted by molar-refractivity contribution is 0.0858. The third kappa shape index (κ3) is 3.94. The monoisotopic (exact) mass is 384 g/mol. The molecule has 1 aliphatic rings. The van der Waals surface area contributed by atoms with Gasteiger partial charge >= 0.3 is 5.69 Å². The molecule has 0 bridgehead atoms. The second-order valence-corrected chi connectivity index (χ2v) is 7.40. The van der Waals surface area contributed by atoms with Gasteiger partial charge in [0.15, 0.2) is 5.78 Å². The van der Waals surface area contributed by atoms with Crippen molar-refractivity contribution < 1.29 is 4.79 Å². The van der Waals surface area contributed by atoms with Crippen molar-refractivity contribution in [1.29, 1.82) is 0 Å². The highest BCUT2D eigenvalue weighted by atomic mass is 16.2. The van der Waals surface area contributed by atoms with Crippen molar-refractivity contribution in [3.05, 3.63) is 62.3 Å². The molecule has 7 heteroatoms. The number of piperidine rings is 1. The molecule has 2 aromatic rings. The maximum absolute atomic E-state index is 13.0. The zero-order valence-electron chi connectivity index (χ0n) is 16.6. The number of aromatic nitrogens is 2. The van der Waals surface area contributed by atoms with E-state index in [1.807, 2.05) is 30.3 Å². The number of nitrogen functional groups attached to an aromatic ring is 1. The Morgan fingerprint density at radius 1 is 1.14 bits per heavy atom. The van der Waals surface area contributed by atoms with Crippen molar-refractivity contribution in [2.45, 2.75) is 52.2 Å². The van der Waals surface area contributed by atoms with Crippen molar-refractivity contribution in [1.82, 2.24) is 14.0 Å². The fourth-order valence-electron chi connectivity index (χ4n) is 3.83. The third-order valence-electron chi connectivity index (χ3n) is 5.53. The molecule has 1 aliphatic heterocycles. The lowest BCUT2D eigenvalue weighted by Gasteiger charge is -2.32. The zero-order valence-corrected chi connectivity index (χ0v) is 16.6. The third-order valence-corrected chi connectivity index (χ3v) is 5.53. The molecular weight excluding hydrogens is 356 g/mol. The molecule has 28 heavy (non-hydrogen) atoms. The Kier molecular flexibility index (Phi) is 6.14. The quantitative estimate of drug-likeness (QED) is 0.766. The van der Waals surface area contributed by atoms with E-state index in [1.54, 1.807) is 6.92 Å². The zero-order chi connectivity index (χ0) is 20.3. The van der Waals surface area contributed by atoms with Gasteiger partial charge in [-0.3, -0.25) is 23.6 Å². The summed E-state index contributed by atoms with van der Waals surface area (Å²) in [5.41, 5.74) is 5.93. The van der Waals surface area contributed by atoms with E-state index in [2.05, 4.69) is 11.8 Å². The van der Waals surface area contributed by atoms with Gasteiger partial charge in [-0.2, -0.15) is 0 Å². The number of rotatable bonds is 6. The summed E-state index contributed by atoms with van der Waals surface area (Å²) in [6, 6.07) is 9.68. The molecule has 7 nitrogen and oxygen atoms in total. The summed E-state index contributed by atoms with van der Waals surface area (Å²) in [6.45, 7) is 5.19. The number of Topliss-reactive ketones (excluding diaryl/α,β-unsaturated/α-hetero) is 1. The number of likely N-dealkylation sites (tertiary alicyclic amines) is 1. The van der Waals surface area contributed by atoms with Crippen LogP contribution in [-0.2, 0) is 13.1 Å². The second-order valence-electron chi connectivity index (χ2n) is 7.40. The molecule has 1 aromatic carbocycles. The number of nitrogens with zero attached hydrogens (tertiary/aromatic N) is 3. The number of ketones is 1. The Balaban J connectivity index is 2.02. The van der Waals surface area contributed by atoms with E-state index in [0.29, 0.717) is 6.04 Å². The van der Waals surface area contributed by atoms with Crippen molar-refractivity contribution in [2.75, 3.05) is 18.8 Å². The summed E-state index contributed by atoms with van der Waals surface area (Å²) in [6.07, 6.45) is 3.23. The van der Waals surface area contributed by atoms with Crippen LogP contribution in [0.3, 0.4) is 0 Å². The number of anilines is 1. The van der Waals surface area contributed by atoms with Gasteiger partial charge in [0, 0.05) is 12.6 Å². The minimum atomic E-state index is -0.594. The van der Waals surface area contributed by atoms with Gasteiger partial charge in [0.2, 0.25) is 0 Å². The Hall–Kier alpha value is -2.67. The molecule has 0 amide bonds. The highest BCUT2D eigenvalue weighted by molar-refractivity contribution is 6.01. The molecule has 2 heterocycles. The van der Waals surface area contributed by atoms with E-state index in [9.17, 15) is 14.4 Å². The predicted octanol–water partition coefficient (Wildman–Crippen LogP) is 1.72. The van der Waals surface area contributed by atoms with Crippen molar-refractivity contribution in [3.8, 4) is 0 Å². The highest BCUT2D eigenvalue weighted by Crippen LogP contribution is 2.17. The van der Waals surface area contributed by atoms with E-state index < -0.39 is 11.2 Å². The molecule has 0 unspecified atom stereocenters. The Morgan fingerprint density at radius 3 is 2.50 bits per heavy atom. The lowest BCUT2D eigenvalue weighted by atomic mass is 10.0. The van der Waals surface area contributed by atoms with E-state index in [1.165, 1.54) is 4.57 Å². The van der Waals surface area contributed by atoms with Crippen LogP contribution in [0.25, 0.3) is 0 Å². The van der Waals surface area contributed by atoms with Gasteiger partial charge in [-0.05, 0) is 38.8 Å². The van der Waals surface area contributed by atoms with Crippen LogP contribution >= 0.6 is 0 Å². The number of hydrogen-bond donors (Lipinski definition) is 1. The van der Waals surface area contributed by atoms with E-state index in [-0.39, 0.29) is 36.8 Å². The molecule has 1 fully saturated rings. The largest absolute Gasteiger partial charge is 0.384 e. The second kappa shape index (κ2) is 8.56. The maximum atomic E-state index is 13.0. The molecule has 150 valence electrons. The normalized spacial score (nSPS) is 17.6. The van der Waals surface area contributed by atoms with Gasteiger partial charge in [-0.15, -0.1) is 0 Å². The molecule has 0 saturated carbocycles. The molecular formula is C21H28N4O3. The fraction of sp³-hybridized carbons (Fsp3) is 0.476. The molecule has 1 saturated heterocycles. The van der Waals surface area contributed by atoms with Crippen molar-refractivity contribution >= 4 is 11.6 Å². The summed E-state index contributed by atoms with van der Waals surface area (Å²) in [7, 11) is 0. The summed E-state index contributed by atoms with van der Waals surface area (Å²) in [4.78, 5) is 40.8. The van der Waals surface area contributed by atoms with Crippen LogP contribution in [0.4, 0.5) is 5.82 Å². The predicted molar refractivity (Wildman–Crippen MR) is 110 cm³/mol. The first-order valence-electron chi connectivity index (χ1n) is 9.88. The van der Waals surface area contributed by atoms with Gasteiger partial charge in [-0.1, -0.05) is 36.8 Å². The van der Waals surface area contributed by atoms with Gasteiger partial charge in [0.1, 0.15) is 11.4 Å². The van der Waals surface area contributed by atoms with Gasteiger partial charge in [-0.25, -0.2) is 4.79 Å². The first kappa shape index (κ1) is 20.1. The van der Waals surface area contributed by atoms with Crippen LogP contribution in [0.2, 0.25) is 0 Å². The van der Waals surface area contributed by atoms with Crippen LogP contribution < -0.4 is 17.0 Å². The number of carbonyl (C=O) groups is 1. The average Bonchev–Trinajstić information content (AvgIpc) is 2.68. The maximum Gasteiger partial charge on any atom is 0.332 e. The average molecular weight is 384 g/mol. The summed E-state index contributed by atoms with van der Waals surface area (Å²) >= 11 is 0. The number of nitrogens with two attached hydrogens (primary N) is 1. The Bertz CT molecular complexity index is 962. The molecule has 1 atom stereocenters. The van der Waals surface area contributed by atoms with Crippen LogP contribution in [0.15, 0.2) is 39.9 Å². The van der Waals surface area contributed by atoms with Gasteiger partial charge in [0.25, 0.3) is 5.56 Å². The minimum absolute atomic E-state index is 0.0433. The number of benzene rings is 1. The van der Waals surface area contributed by atoms with Crippen LogP contribution in [0.1, 0.15) is 49.0 Å². The van der Waals surface area contributed by atoms with E-state index in [4.69, 9.17) is 5.73 Å². The van der Waals surface area contributed by atoms with Crippen molar-refractivity contribution in [2.24, 2.45) is 0 Å². The number of hydrogen-bond acceptors (Lipinski definition) is 5. The van der Waals surface area contributed by atoms with Gasteiger partial charge < -0.3 is 5.73 Å². The fourth-order valence-corrected chi connectivity index (χ4v) is 3.83. The van der Waals surface area contributed by atoms with Crippen LogP contribution in [0, 0.1) is 0 Å². The van der Waals surface area contributed by atoms with E-state index >= 15 is 0 Å². The van der Waals surface area contributed by atoms with Crippen molar-refractivity contribution in [3.63, 3.8) is 0 Å². The molecule has 0 spiro atoms. The van der Waals surface area contributed by atoms with Gasteiger partial charge in [0.05, 0.1) is 13.1 Å². The molecule has 1 aromatic heterocycles. The smallest absolute Gasteiger partial charge is 0.332 e. The topological polar surface area (TPSA) is 90.3 Å². The van der Waals surface area contributed by atoms with Crippen LogP contribution in [-0.4, -0.2) is 38.9 Å². The minimum Gasteiger partial charge on any atom is -0.384 e. The summed E-state index contributed by atoms with van der Waals surface area (Å²) in [5, 5.41) is 0. The lowest BCUT2D eigenvalue weighted by Crippen LogP contribution is -2.46. The summed E-state index contributed by atoms with van der Waals surface area (Å²) < 4.78 is 2.42. The van der Waals surface area contributed by atoms with Crippen LogP contribution in [0.5, 0.6) is 0 Å². The molecule has 3 rings (SSSR count). The standard InChI is InChI=1S/C21H28N4O3/c1-3-24-20(27)18(17(26)14-23-12-8-7-9-15(23)2)19(22)25(21(24)28)13-16-10-5-4-6-11-16/h4-6,10-11,15H,3,7-9,12-14,22H2,1-2H3/t15-/m0/s1. The first-order chi connectivity index (χ1) is 13.4. The SMILES string of the molecule is CCn1c(=O)c(C(=O)CN2CCCC[C@@H]2C)c(N)n(Cc2ccccc2)c1=O. The first-order valence-corrected chi connectivity index (χ1v) is 9.88. The molecule has 0 aliphatic carbocycles.